The molecule has 0 aromatic heterocycles. The number of hydrogen-bond acceptors (Lipinski definition) is 2. The molecule has 1 N–H and O–H groups in total. The van der Waals surface area contributed by atoms with Crippen LogP contribution < -0.4 is 5.32 Å². The monoisotopic (exact) mass is 300 g/mol. The van der Waals surface area contributed by atoms with Crippen LogP contribution in [0.2, 0.25) is 0 Å². The molecule has 0 spiro atoms. The molecule has 4 heteroatoms. The first-order valence-corrected chi connectivity index (χ1v) is 7.89. The van der Waals surface area contributed by atoms with Gasteiger partial charge in [0.05, 0.1) is 0 Å². The zero-order valence-corrected chi connectivity index (χ0v) is 13.3. The van der Waals surface area contributed by atoms with E-state index in [-0.39, 0.29) is 11.8 Å². The Kier molecular flexibility index (Phi) is 5.75. The van der Waals surface area contributed by atoms with E-state index in [0.29, 0.717) is 11.6 Å². The van der Waals surface area contributed by atoms with Gasteiger partial charge in [0.2, 0.25) is 5.91 Å². The van der Waals surface area contributed by atoms with Crippen molar-refractivity contribution in [1.29, 1.82) is 0 Å². The Morgan fingerprint density at radius 2 is 1.77 bits per heavy atom. The van der Waals surface area contributed by atoms with Gasteiger partial charge in [0, 0.05) is 31.8 Å². The van der Waals surface area contributed by atoms with Crippen molar-refractivity contribution in [3.63, 3.8) is 0 Å². The average molecular weight is 300 g/mol. The fraction of sp³-hybridized carbons (Fsp3) is 0.444. The predicted octanol–water partition coefficient (Wildman–Crippen LogP) is 2.85. The van der Waals surface area contributed by atoms with Crippen molar-refractivity contribution in [3.05, 3.63) is 41.5 Å². The summed E-state index contributed by atoms with van der Waals surface area (Å²) in [6, 6.07) is 7.58. The van der Waals surface area contributed by atoms with Crippen molar-refractivity contribution in [1.82, 2.24) is 10.2 Å². The zero-order chi connectivity index (χ0) is 15.9. The molecule has 22 heavy (non-hydrogen) atoms. The third kappa shape index (κ3) is 4.20. The molecule has 4 nitrogen and oxygen atoms in total. The van der Waals surface area contributed by atoms with Crippen LogP contribution in [0.3, 0.4) is 0 Å². The molecule has 0 unspecified atom stereocenters. The molecule has 2 amide bonds. The summed E-state index contributed by atoms with van der Waals surface area (Å²) < 4.78 is 0. The summed E-state index contributed by atoms with van der Waals surface area (Å²) in [6.07, 6.45) is 9.35. The number of nitrogens with one attached hydrogen (secondary N) is 1. The Balaban J connectivity index is 1.95. The standard InChI is InChI=1S/C18H24N2O2/c1-19-18(22)15-11-8-14(9-12-15)10-13-17(21)20(2)16-6-4-3-5-7-16/h8-13,16H,3-7H2,1-2H3,(H,19,22)/b13-10+. The Bertz CT molecular complexity index is 543. The van der Waals surface area contributed by atoms with Crippen molar-refractivity contribution < 1.29 is 9.59 Å². The lowest BCUT2D eigenvalue weighted by Gasteiger charge is -2.30. The maximum absolute atomic E-state index is 12.2. The van der Waals surface area contributed by atoms with Crippen LogP contribution in [0.1, 0.15) is 48.0 Å². The molecule has 118 valence electrons. The van der Waals surface area contributed by atoms with Gasteiger partial charge in [0.1, 0.15) is 0 Å². The highest BCUT2D eigenvalue weighted by Crippen LogP contribution is 2.21. The van der Waals surface area contributed by atoms with E-state index >= 15 is 0 Å². The molecule has 0 bridgehead atoms. The third-order valence-corrected chi connectivity index (χ3v) is 4.29. The molecule has 0 radical (unpaired) electrons. The van der Waals surface area contributed by atoms with Gasteiger partial charge in [0.15, 0.2) is 0 Å². The Hall–Kier alpha value is -2.10. The van der Waals surface area contributed by atoms with Gasteiger partial charge < -0.3 is 10.2 Å². The molecule has 1 aromatic carbocycles. The van der Waals surface area contributed by atoms with Gasteiger partial charge in [-0.15, -0.1) is 0 Å². The second-order valence-corrected chi connectivity index (χ2v) is 5.78. The molecule has 0 saturated heterocycles. The van der Waals surface area contributed by atoms with E-state index < -0.39 is 0 Å². The number of carbonyl (C=O) groups excluding carboxylic acids is 2. The highest BCUT2D eigenvalue weighted by Gasteiger charge is 2.20. The minimum atomic E-state index is -0.108. The first-order valence-electron chi connectivity index (χ1n) is 7.89. The number of amides is 2. The summed E-state index contributed by atoms with van der Waals surface area (Å²) in [5.74, 6) is -0.0640. The second kappa shape index (κ2) is 7.78. The summed E-state index contributed by atoms with van der Waals surface area (Å²) >= 11 is 0. The van der Waals surface area contributed by atoms with E-state index in [4.69, 9.17) is 0 Å². The van der Waals surface area contributed by atoms with E-state index in [9.17, 15) is 9.59 Å². The highest BCUT2D eigenvalue weighted by molar-refractivity contribution is 5.94. The minimum Gasteiger partial charge on any atom is -0.355 e. The van der Waals surface area contributed by atoms with Gasteiger partial charge in [-0.05, 0) is 36.6 Å². The molecule has 0 atom stereocenters. The molecule has 1 aliphatic carbocycles. The molecule has 1 fully saturated rings. The molecule has 1 aromatic rings. The number of nitrogens with zero attached hydrogens (tertiary/aromatic N) is 1. The Labute approximate surface area is 132 Å². The quantitative estimate of drug-likeness (QED) is 0.869. The lowest BCUT2D eigenvalue weighted by Crippen LogP contribution is -2.37. The molecule has 0 heterocycles. The molecule has 1 saturated carbocycles. The summed E-state index contributed by atoms with van der Waals surface area (Å²) in [4.78, 5) is 25.5. The predicted molar refractivity (Wildman–Crippen MR) is 88.5 cm³/mol. The molecule has 0 aliphatic heterocycles. The smallest absolute Gasteiger partial charge is 0.251 e. The number of benzene rings is 1. The summed E-state index contributed by atoms with van der Waals surface area (Å²) in [6.45, 7) is 0. The van der Waals surface area contributed by atoms with Crippen molar-refractivity contribution in [2.75, 3.05) is 14.1 Å². The summed E-state index contributed by atoms with van der Waals surface area (Å²) in [5, 5.41) is 2.58. The lowest BCUT2D eigenvalue weighted by atomic mass is 9.94. The van der Waals surface area contributed by atoms with Crippen molar-refractivity contribution in [2.45, 2.75) is 38.1 Å². The first kappa shape index (κ1) is 16.3. The maximum Gasteiger partial charge on any atom is 0.251 e. The summed E-state index contributed by atoms with van der Waals surface area (Å²) in [7, 11) is 3.49. The fourth-order valence-electron chi connectivity index (χ4n) is 2.82. The van der Waals surface area contributed by atoms with Crippen LogP contribution in [0.25, 0.3) is 6.08 Å². The minimum absolute atomic E-state index is 0.0438. The van der Waals surface area contributed by atoms with Crippen LogP contribution in [0.15, 0.2) is 30.3 Å². The van der Waals surface area contributed by atoms with Gasteiger partial charge in [-0.2, -0.15) is 0 Å². The maximum atomic E-state index is 12.2. The van der Waals surface area contributed by atoms with Crippen molar-refractivity contribution >= 4 is 17.9 Å². The first-order chi connectivity index (χ1) is 10.6. The number of rotatable bonds is 4. The van der Waals surface area contributed by atoms with Gasteiger partial charge in [0.25, 0.3) is 5.91 Å². The van der Waals surface area contributed by atoms with E-state index in [1.807, 2.05) is 24.1 Å². The fourth-order valence-corrected chi connectivity index (χ4v) is 2.82. The Morgan fingerprint density at radius 1 is 1.14 bits per heavy atom. The average Bonchev–Trinajstić information content (AvgIpc) is 2.59. The largest absolute Gasteiger partial charge is 0.355 e. The van der Waals surface area contributed by atoms with Gasteiger partial charge in [-0.25, -0.2) is 0 Å². The van der Waals surface area contributed by atoms with Gasteiger partial charge in [-0.3, -0.25) is 9.59 Å². The third-order valence-electron chi connectivity index (χ3n) is 4.29. The topological polar surface area (TPSA) is 49.4 Å². The van der Waals surface area contributed by atoms with Crippen LogP contribution in [0.4, 0.5) is 0 Å². The molecular weight excluding hydrogens is 276 g/mol. The van der Waals surface area contributed by atoms with E-state index in [0.717, 1.165) is 18.4 Å². The molecule has 1 aliphatic rings. The molecule has 2 rings (SSSR count). The normalized spacial score (nSPS) is 15.7. The van der Waals surface area contributed by atoms with E-state index in [2.05, 4.69) is 5.32 Å². The number of likely N-dealkylation sites (N-methyl/N-ethyl adjacent to an activating group) is 1. The highest BCUT2D eigenvalue weighted by atomic mass is 16.2. The Morgan fingerprint density at radius 3 is 2.36 bits per heavy atom. The van der Waals surface area contributed by atoms with Gasteiger partial charge >= 0.3 is 0 Å². The van der Waals surface area contributed by atoms with Gasteiger partial charge in [-0.1, -0.05) is 31.4 Å². The van der Waals surface area contributed by atoms with Crippen LogP contribution in [-0.4, -0.2) is 36.9 Å². The van der Waals surface area contributed by atoms with Crippen LogP contribution >= 0.6 is 0 Å². The van der Waals surface area contributed by atoms with E-state index in [1.165, 1.54) is 19.3 Å². The summed E-state index contributed by atoms with van der Waals surface area (Å²) in [5.41, 5.74) is 1.53. The van der Waals surface area contributed by atoms with E-state index in [1.54, 1.807) is 31.3 Å². The number of carbonyl (C=O) groups is 2. The molecular formula is C18H24N2O2. The SMILES string of the molecule is CNC(=O)c1ccc(/C=C/C(=O)N(C)C2CCCCC2)cc1. The van der Waals surface area contributed by atoms with Crippen molar-refractivity contribution in [3.8, 4) is 0 Å². The van der Waals surface area contributed by atoms with Crippen LogP contribution in [-0.2, 0) is 4.79 Å². The number of hydrogen-bond donors (Lipinski definition) is 1. The lowest BCUT2D eigenvalue weighted by molar-refractivity contribution is -0.127. The van der Waals surface area contributed by atoms with Crippen LogP contribution in [0, 0.1) is 0 Å². The van der Waals surface area contributed by atoms with Crippen molar-refractivity contribution in [2.24, 2.45) is 0 Å². The van der Waals surface area contributed by atoms with Crippen LogP contribution in [0.5, 0.6) is 0 Å². The zero-order valence-electron chi connectivity index (χ0n) is 13.3. The second-order valence-electron chi connectivity index (χ2n) is 5.78.